The third-order valence-electron chi connectivity index (χ3n) is 3.95. The number of halogens is 2. The highest BCUT2D eigenvalue weighted by Crippen LogP contribution is 2.29. The molecule has 9 heteroatoms. The first-order valence-electron chi connectivity index (χ1n) is 7.78. The van der Waals surface area contributed by atoms with E-state index in [1.165, 1.54) is 18.6 Å². The van der Waals surface area contributed by atoms with E-state index in [-0.39, 0.29) is 6.54 Å². The van der Waals surface area contributed by atoms with Crippen molar-refractivity contribution in [2.75, 3.05) is 30.4 Å². The molecule has 2 N–H and O–H groups in total. The lowest BCUT2D eigenvalue weighted by molar-refractivity contribution is -0.105. The molecule has 1 saturated heterocycles. The maximum Gasteiger partial charge on any atom is 0.212 e. The van der Waals surface area contributed by atoms with Gasteiger partial charge in [0.25, 0.3) is 0 Å². The summed E-state index contributed by atoms with van der Waals surface area (Å²) >= 11 is 6.16. The minimum atomic E-state index is -1.31. The van der Waals surface area contributed by atoms with Gasteiger partial charge in [0, 0.05) is 37.8 Å². The van der Waals surface area contributed by atoms with Crippen LogP contribution in [0.2, 0.25) is 5.02 Å². The van der Waals surface area contributed by atoms with Crippen molar-refractivity contribution >= 4 is 29.6 Å². The fourth-order valence-corrected chi connectivity index (χ4v) is 2.72. The predicted molar refractivity (Wildman–Crippen MR) is 92.3 cm³/mol. The average molecular weight is 366 g/mol. The standard InChI is InChI=1S/C16H17ClFN5O2/c17-12-6-20-14(22-10-24)5-11(12)13-7-19-8-15(23-13)21-9-16(18)1-3-25-4-2-16/h5-8,10H,1-4,9H2,(H,21,23)(H,20,22,24). The molecule has 0 aromatic carbocycles. The minimum absolute atomic E-state index is 0.135. The summed E-state index contributed by atoms with van der Waals surface area (Å²) in [6.07, 6.45) is 5.71. The van der Waals surface area contributed by atoms with Gasteiger partial charge >= 0.3 is 0 Å². The van der Waals surface area contributed by atoms with E-state index in [0.717, 1.165) is 0 Å². The number of hydrogen-bond donors (Lipinski definition) is 2. The fourth-order valence-electron chi connectivity index (χ4n) is 2.52. The van der Waals surface area contributed by atoms with Crippen LogP contribution in [-0.2, 0) is 9.53 Å². The summed E-state index contributed by atoms with van der Waals surface area (Å²) in [7, 11) is 0. The number of rotatable bonds is 6. The van der Waals surface area contributed by atoms with Crippen molar-refractivity contribution in [3.63, 3.8) is 0 Å². The highest BCUT2D eigenvalue weighted by molar-refractivity contribution is 6.33. The van der Waals surface area contributed by atoms with E-state index in [0.29, 0.717) is 60.4 Å². The van der Waals surface area contributed by atoms with Crippen LogP contribution >= 0.6 is 11.6 Å². The van der Waals surface area contributed by atoms with Crippen molar-refractivity contribution in [1.82, 2.24) is 15.0 Å². The van der Waals surface area contributed by atoms with Gasteiger partial charge in [0.2, 0.25) is 6.41 Å². The molecule has 25 heavy (non-hydrogen) atoms. The Kier molecular flexibility index (Phi) is 5.40. The Labute approximate surface area is 149 Å². The molecule has 0 atom stereocenters. The van der Waals surface area contributed by atoms with E-state index in [4.69, 9.17) is 16.3 Å². The predicted octanol–water partition coefficient (Wildman–Crippen LogP) is 2.69. The molecule has 2 aromatic heterocycles. The van der Waals surface area contributed by atoms with Crippen LogP contribution < -0.4 is 10.6 Å². The highest BCUT2D eigenvalue weighted by atomic mass is 35.5. The third kappa shape index (κ3) is 4.40. The first kappa shape index (κ1) is 17.5. The Hall–Kier alpha value is -2.32. The van der Waals surface area contributed by atoms with Crippen molar-refractivity contribution in [3.8, 4) is 11.3 Å². The number of anilines is 2. The van der Waals surface area contributed by atoms with Crippen LogP contribution in [0.3, 0.4) is 0 Å². The average Bonchev–Trinajstić information content (AvgIpc) is 2.63. The van der Waals surface area contributed by atoms with Crippen LogP contribution in [-0.4, -0.2) is 46.8 Å². The number of pyridine rings is 1. The maximum atomic E-state index is 14.6. The lowest BCUT2D eigenvalue weighted by Gasteiger charge is -2.29. The summed E-state index contributed by atoms with van der Waals surface area (Å²) in [5, 5.41) is 5.82. The number of ether oxygens (including phenoxy) is 1. The first-order chi connectivity index (χ1) is 12.1. The lowest BCUT2D eigenvalue weighted by Crippen LogP contribution is -2.38. The molecule has 0 spiro atoms. The second kappa shape index (κ2) is 7.71. The van der Waals surface area contributed by atoms with Crippen LogP contribution in [0, 0.1) is 0 Å². The van der Waals surface area contributed by atoms with E-state index in [2.05, 4.69) is 25.6 Å². The Morgan fingerprint density at radius 3 is 2.84 bits per heavy atom. The zero-order chi connectivity index (χ0) is 17.7. The second-order valence-electron chi connectivity index (χ2n) is 5.72. The number of alkyl halides is 1. The molecular weight excluding hydrogens is 349 g/mol. The monoisotopic (exact) mass is 365 g/mol. The Balaban J connectivity index is 1.77. The van der Waals surface area contributed by atoms with Gasteiger partial charge in [0.15, 0.2) is 0 Å². The smallest absolute Gasteiger partial charge is 0.212 e. The molecule has 0 aliphatic carbocycles. The van der Waals surface area contributed by atoms with E-state index in [1.807, 2.05) is 0 Å². The van der Waals surface area contributed by atoms with Gasteiger partial charge in [-0.15, -0.1) is 0 Å². The van der Waals surface area contributed by atoms with Gasteiger partial charge in [-0.1, -0.05) is 11.6 Å². The van der Waals surface area contributed by atoms with Crippen LogP contribution in [0.4, 0.5) is 16.0 Å². The van der Waals surface area contributed by atoms with E-state index >= 15 is 0 Å². The largest absolute Gasteiger partial charge is 0.381 e. The molecule has 3 rings (SSSR count). The zero-order valence-electron chi connectivity index (χ0n) is 13.3. The molecule has 0 unspecified atom stereocenters. The summed E-state index contributed by atoms with van der Waals surface area (Å²) in [5.41, 5.74) is -0.255. The third-order valence-corrected chi connectivity index (χ3v) is 4.25. The summed E-state index contributed by atoms with van der Waals surface area (Å²) in [5.74, 6) is 0.790. The van der Waals surface area contributed by atoms with Crippen molar-refractivity contribution in [1.29, 1.82) is 0 Å². The number of nitrogens with one attached hydrogen (secondary N) is 2. The Morgan fingerprint density at radius 2 is 2.08 bits per heavy atom. The molecule has 1 fully saturated rings. The van der Waals surface area contributed by atoms with Gasteiger partial charge in [-0.2, -0.15) is 0 Å². The van der Waals surface area contributed by atoms with Crippen molar-refractivity contribution < 1.29 is 13.9 Å². The van der Waals surface area contributed by atoms with E-state index in [9.17, 15) is 9.18 Å². The summed E-state index contributed by atoms with van der Waals surface area (Å²) < 4.78 is 19.8. The molecule has 0 radical (unpaired) electrons. The number of hydrogen-bond acceptors (Lipinski definition) is 6. The van der Waals surface area contributed by atoms with Crippen molar-refractivity contribution in [3.05, 3.63) is 29.7 Å². The van der Waals surface area contributed by atoms with Gasteiger partial charge in [-0.05, 0) is 6.07 Å². The fraction of sp³-hybridized carbons (Fsp3) is 0.375. The Morgan fingerprint density at radius 1 is 1.28 bits per heavy atom. The van der Waals surface area contributed by atoms with Crippen LogP contribution in [0.15, 0.2) is 24.7 Å². The minimum Gasteiger partial charge on any atom is -0.381 e. The first-order valence-corrected chi connectivity index (χ1v) is 8.16. The van der Waals surface area contributed by atoms with Crippen LogP contribution in [0.5, 0.6) is 0 Å². The molecule has 1 aliphatic heterocycles. The number of carbonyl (C=O) groups is 1. The molecule has 7 nitrogen and oxygen atoms in total. The van der Waals surface area contributed by atoms with Gasteiger partial charge < -0.3 is 15.4 Å². The normalized spacial score (nSPS) is 16.2. The molecule has 3 heterocycles. The van der Waals surface area contributed by atoms with Gasteiger partial charge in [-0.3, -0.25) is 9.78 Å². The zero-order valence-corrected chi connectivity index (χ0v) is 14.1. The van der Waals surface area contributed by atoms with E-state index in [1.54, 1.807) is 6.07 Å². The van der Waals surface area contributed by atoms with Gasteiger partial charge in [0.05, 0.1) is 29.7 Å². The van der Waals surface area contributed by atoms with Crippen molar-refractivity contribution in [2.24, 2.45) is 0 Å². The molecule has 132 valence electrons. The topological polar surface area (TPSA) is 89.0 Å². The summed E-state index contributed by atoms with van der Waals surface area (Å²) in [6, 6.07) is 1.60. The quantitative estimate of drug-likeness (QED) is 0.765. The molecule has 2 aromatic rings. The number of aromatic nitrogens is 3. The molecule has 0 bridgehead atoms. The number of carbonyl (C=O) groups excluding carboxylic acids is 1. The van der Waals surface area contributed by atoms with Gasteiger partial charge in [-0.25, -0.2) is 14.4 Å². The van der Waals surface area contributed by atoms with Gasteiger partial charge in [0.1, 0.15) is 17.3 Å². The van der Waals surface area contributed by atoms with Crippen molar-refractivity contribution in [2.45, 2.75) is 18.5 Å². The molecular formula is C16H17ClFN5O2. The lowest BCUT2D eigenvalue weighted by atomic mass is 9.96. The highest BCUT2D eigenvalue weighted by Gasteiger charge is 2.32. The van der Waals surface area contributed by atoms with E-state index < -0.39 is 5.67 Å². The Bertz CT molecular complexity index is 755. The summed E-state index contributed by atoms with van der Waals surface area (Å²) in [4.78, 5) is 23.1. The number of nitrogens with zero attached hydrogens (tertiary/aromatic N) is 3. The molecule has 1 amide bonds. The summed E-state index contributed by atoms with van der Waals surface area (Å²) in [6.45, 7) is 0.975. The maximum absolute atomic E-state index is 14.6. The second-order valence-corrected chi connectivity index (χ2v) is 6.13. The molecule has 0 saturated carbocycles. The molecule has 1 aliphatic rings. The SMILES string of the molecule is O=CNc1cc(-c2cncc(NCC3(F)CCOCC3)n2)c(Cl)cn1. The van der Waals surface area contributed by atoms with Crippen LogP contribution in [0.1, 0.15) is 12.8 Å². The van der Waals surface area contributed by atoms with Crippen LogP contribution in [0.25, 0.3) is 11.3 Å². The number of amides is 1.